The molecule has 1 saturated carbocycles. The summed E-state index contributed by atoms with van der Waals surface area (Å²) in [7, 11) is 0. The van der Waals surface area contributed by atoms with Crippen LogP contribution in [0.3, 0.4) is 0 Å². The van der Waals surface area contributed by atoms with Crippen molar-refractivity contribution in [1.82, 2.24) is 5.43 Å². The van der Waals surface area contributed by atoms with Crippen LogP contribution in [0.4, 0.5) is 0 Å². The standard InChI is InChI=1S/C13H16N2/c1-4-8-13(9-5-1)10-11-6-2-3-7-12(11)14-15-13/h2-3,6-7,10,15H,1,4-5,8-9H2. The molecule has 3 rings (SSSR count). The Bertz CT molecular complexity index is 470. The maximum Gasteiger partial charge on any atom is 0.0899 e. The van der Waals surface area contributed by atoms with Gasteiger partial charge in [-0.2, -0.15) is 5.10 Å². The highest BCUT2D eigenvalue weighted by Gasteiger charge is 2.30. The summed E-state index contributed by atoms with van der Waals surface area (Å²) < 4.78 is 0. The molecular formula is C13H16N2. The molecule has 78 valence electrons. The van der Waals surface area contributed by atoms with Gasteiger partial charge in [-0.05, 0) is 25.0 Å². The van der Waals surface area contributed by atoms with E-state index in [0.717, 1.165) is 5.36 Å². The molecule has 1 N–H and O–H groups in total. The van der Waals surface area contributed by atoms with E-state index >= 15 is 0 Å². The maximum atomic E-state index is 4.49. The largest absolute Gasteiger partial charge is 0.299 e. The summed E-state index contributed by atoms with van der Waals surface area (Å²) in [5.74, 6) is 0. The van der Waals surface area contributed by atoms with Gasteiger partial charge in [0.05, 0.1) is 10.9 Å². The van der Waals surface area contributed by atoms with Crippen molar-refractivity contribution in [2.75, 3.05) is 0 Å². The van der Waals surface area contributed by atoms with Crippen LogP contribution in [0.25, 0.3) is 6.08 Å². The summed E-state index contributed by atoms with van der Waals surface area (Å²) in [6.07, 6.45) is 8.85. The van der Waals surface area contributed by atoms with Crippen molar-refractivity contribution >= 4 is 6.08 Å². The van der Waals surface area contributed by atoms with Gasteiger partial charge in [-0.25, -0.2) is 0 Å². The fraction of sp³-hybridized carbons (Fsp3) is 0.462. The third-order valence-corrected chi connectivity index (χ3v) is 3.51. The van der Waals surface area contributed by atoms with Gasteiger partial charge in [0.25, 0.3) is 0 Å². The van der Waals surface area contributed by atoms with Crippen molar-refractivity contribution in [3.05, 3.63) is 34.8 Å². The molecule has 0 radical (unpaired) electrons. The van der Waals surface area contributed by atoms with Crippen LogP contribution in [-0.2, 0) is 0 Å². The number of para-hydroxylation sites is 1. The molecule has 1 spiro atoms. The molecule has 1 aromatic rings. The summed E-state index contributed by atoms with van der Waals surface area (Å²) in [6, 6.07) is 8.36. The number of benzene rings is 1. The average Bonchev–Trinajstić information content (AvgIpc) is 2.30. The van der Waals surface area contributed by atoms with E-state index in [2.05, 4.69) is 34.8 Å². The van der Waals surface area contributed by atoms with E-state index in [-0.39, 0.29) is 5.54 Å². The van der Waals surface area contributed by atoms with Crippen LogP contribution in [-0.4, -0.2) is 5.54 Å². The van der Waals surface area contributed by atoms with E-state index in [1.54, 1.807) is 0 Å². The van der Waals surface area contributed by atoms with Crippen LogP contribution in [0.1, 0.15) is 32.1 Å². The second-order valence-electron chi connectivity index (χ2n) is 4.64. The van der Waals surface area contributed by atoms with Crippen molar-refractivity contribution in [1.29, 1.82) is 0 Å². The van der Waals surface area contributed by atoms with Crippen molar-refractivity contribution < 1.29 is 0 Å². The molecule has 0 unspecified atom stereocenters. The van der Waals surface area contributed by atoms with Gasteiger partial charge >= 0.3 is 0 Å². The number of hydrogen-bond acceptors (Lipinski definition) is 2. The molecule has 1 heterocycles. The minimum absolute atomic E-state index is 0.159. The lowest BCUT2D eigenvalue weighted by Crippen LogP contribution is -2.49. The van der Waals surface area contributed by atoms with E-state index in [4.69, 9.17) is 0 Å². The minimum atomic E-state index is 0.159. The molecule has 1 aliphatic heterocycles. The Balaban J connectivity index is 2.08. The summed E-state index contributed by atoms with van der Waals surface area (Å²) in [6.45, 7) is 0. The molecule has 2 aliphatic rings. The van der Waals surface area contributed by atoms with Gasteiger partial charge in [-0.1, -0.05) is 37.5 Å². The first-order valence-electron chi connectivity index (χ1n) is 5.81. The van der Waals surface area contributed by atoms with Crippen LogP contribution in [0, 0.1) is 0 Å². The van der Waals surface area contributed by atoms with E-state index < -0.39 is 0 Å². The van der Waals surface area contributed by atoms with Crippen LogP contribution in [0.2, 0.25) is 0 Å². The van der Waals surface area contributed by atoms with Crippen LogP contribution in [0.15, 0.2) is 29.4 Å². The van der Waals surface area contributed by atoms with Crippen LogP contribution >= 0.6 is 0 Å². The molecule has 15 heavy (non-hydrogen) atoms. The molecule has 2 nitrogen and oxygen atoms in total. The first-order valence-corrected chi connectivity index (χ1v) is 5.81. The fourth-order valence-electron chi connectivity index (χ4n) is 2.65. The number of nitrogens with one attached hydrogen (secondary N) is 1. The second kappa shape index (κ2) is 3.37. The minimum Gasteiger partial charge on any atom is -0.299 e. The highest BCUT2D eigenvalue weighted by Crippen LogP contribution is 2.29. The SMILES string of the molecule is C1=c2ccccc2=NNC12CCCCC2. The van der Waals surface area contributed by atoms with Gasteiger partial charge in [0.2, 0.25) is 0 Å². The van der Waals surface area contributed by atoms with Gasteiger partial charge in [0.1, 0.15) is 0 Å². The van der Waals surface area contributed by atoms with Crippen molar-refractivity contribution in [3.8, 4) is 0 Å². The Labute approximate surface area is 89.7 Å². The summed E-state index contributed by atoms with van der Waals surface area (Å²) in [4.78, 5) is 0. The third-order valence-electron chi connectivity index (χ3n) is 3.51. The second-order valence-corrected chi connectivity index (χ2v) is 4.64. The van der Waals surface area contributed by atoms with E-state index in [1.807, 2.05) is 6.07 Å². The number of nitrogens with zero attached hydrogens (tertiary/aromatic N) is 1. The average molecular weight is 200 g/mol. The molecule has 1 aliphatic carbocycles. The fourth-order valence-corrected chi connectivity index (χ4v) is 2.65. The summed E-state index contributed by atoms with van der Waals surface area (Å²) in [5, 5.41) is 6.86. The highest BCUT2D eigenvalue weighted by atomic mass is 15.3. The quantitative estimate of drug-likeness (QED) is 0.671. The predicted molar refractivity (Wildman–Crippen MR) is 60.6 cm³/mol. The lowest BCUT2D eigenvalue weighted by Gasteiger charge is -2.35. The normalized spacial score (nSPS) is 22.1. The van der Waals surface area contributed by atoms with Crippen LogP contribution < -0.4 is 16.0 Å². The van der Waals surface area contributed by atoms with Gasteiger partial charge < -0.3 is 0 Å². The number of rotatable bonds is 0. The first kappa shape index (κ1) is 8.96. The molecule has 0 aromatic heterocycles. The van der Waals surface area contributed by atoms with Crippen molar-refractivity contribution in [2.24, 2.45) is 5.10 Å². The topological polar surface area (TPSA) is 24.4 Å². The summed E-state index contributed by atoms with van der Waals surface area (Å²) in [5.41, 5.74) is 3.52. The first-order chi connectivity index (χ1) is 7.38. The smallest absolute Gasteiger partial charge is 0.0899 e. The van der Waals surface area contributed by atoms with E-state index in [9.17, 15) is 0 Å². The monoisotopic (exact) mass is 200 g/mol. The molecule has 2 heteroatoms. The summed E-state index contributed by atoms with van der Waals surface area (Å²) >= 11 is 0. The van der Waals surface area contributed by atoms with E-state index in [1.165, 1.54) is 37.3 Å². The maximum absolute atomic E-state index is 4.49. The van der Waals surface area contributed by atoms with Gasteiger partial charge in [0.15, 0.2) is 0 Å². The molecular weight excluding hydrogens is 184 g/mol. The zero-order valence-corrected chi connectivity index (χ0v) is 8.87. The Kier molecular flexibility index (Phi) is 2.01. The molecule has 1 fully saturated rings. The highest BCUT2D eigenvalue weighted by molar-refractivity contribution is 5.38. The Hall–Kier alpha value is -1.31. The van der Waals surface area contributed by atoms with E-state index in [0.29, 0.717) is 0 Å². The Morgan fingerprint density at radius 1 is 1.07 bits per heavy atom. The van der Waals surface area contributed by atoms with Crippen molar-refractivity contribution in [3.63, 3.8) is 0 Å². The third kappa shape index (κ3) is 1.54. The molecule has 0 amide bonds. The molecule has 0 saturated heterocycles. The van der Waals surface area contributed by atoms with Crippen LogP contribution in [0.5, 0.6) is 0 Å². The van der Waals surface area contributed by atoms with Gasteiger partial charge in [0, 0.05) is 5.22 Å². The number of fused-ring (bicyclic) bond motifs is 1. The Morgan fingerprint density at radius 3 is 2.73 bits per heavy atom. The van der Waals surface area contributed by atoms with Gasteiger partial charge in [-0.3, -0.25) is 5.43 Å². The molecule has 0 atom stereocenters. The zero-order chi connectivity index (χ0) is 10.1. The molecule has 0 bridgehead atoms. The lowest BCUT2D eigenvalue weighted by atomic mass is 9.81. The zero-order valence-electron chi connectivity index (χ0n) is 8.87. The Morgan fingerprint density at radius 2 is 1.87 bits per heavy atom. The lowest BCUT2D eigenvalue weighted by molar-refractivity contribution is 0.305. The van der Waals surface area contributed by atoms with Crippen molar-refractivity contribution in [2.45, 2.75) is 37.6 Å². The molecule has 1 aromatic carbocycles. The predicted octanol–water partition coefficient (Wildman–Crippen LogP) is 1.31. The van der Waals surface area contributed by atoms with Gasteiger partial charge in [-0.15, -0.1) is 0 Å². The number of hydrogen-bond donors (Lipinski definition) is 1.